The quantitative estimate of drug-likeness (QED) is 0.176. The van der Waals surface area contributed by atoms with E-state index in [2.05, 4.69) is 205 Å². The standard InChI is InChI=1S/C50H33NO/c1-2-14-40(15-3-1)51(41-29-25-35(26-30-41)34-21-23-38(24-22-34)43-19-10-13-36-11-4-6-16-42(36)43)48-20-9-8-17-44(48)39-28-32-49-47(33-39)46-31-27-37-12-5-7-18-45(37)50(46)52-49/h1-33H. The summed E-state index contributed by atoms with van der Waals surface area (Å²) in [5, 5.41) is 7.10. The van der Waals surface area contributed by atoms with Gasteiger partial charge in [-0.3, -0.25) is 0 Å². The van der Waals surface area contributed by atoms with Gasteiger partial charge in [-0.1, -0.05) is 152 Å². The number of para-hydroxylation sites is 2. The van der Waals surface area contributed by atoms with Crippen LogP contribution in [0.15, 0.2) is 205 Å². The van der Waals surface area contributed by atoms with Crippen molar-refractivity contribution in [2.24, 2.45) is 0 Å². The van der Waals surface area contributed by atoms with E-state index in [0.717, 1.165) is 55.5 Å². The van der Waals surface area contributed by atoms with Gasteiger partial charge >= 0.3 is 0 Å². The second-order valence-corrected chi connectivity index (χ2v) is 13.3. The average Bonchev–Trinajstić information content (AvgIpc) is 3.60. The van der Waals surface area contributed by atoms with E-state index < -0.39 is 0 Å². The number of nitrogens with zero attached hydrogens (tertiary/aromatic N) is 1. The fourth-order valence-electron chi connectivity index (χ4n) is 7.71. The highest BCUT2D eigenvalue weighted by molar-refractivity contribution is 6.15. The summed E-state index contributed by atoms with van der Waals surface area (Å²) in [5.41, 5.74) is 12.3. The summed E-state index contributed by atoms with van der Waals surface area (Å²) in [6.07, 6.45) is 0. The summed E-state index contributed by atoms with van der Waals surface area (Å²) in [6, 6.07) is 71.6. The third-order valence-corrected chi connectivity index (χ3v) is 10.3. The van der Waals surface area contributed by atoms with E-state index >= 15 is 0 Å². The van der Waals surface area contributed by atoms with Crippen molar-refractivity contribution in [3.8, 4) is 33.4 Å². The molecule has 52 heavy (non-hydrogen) atoms. The van der Waals surface area contributed by atoms with Crippen LogP contribution in [0.3, 0.4) is 0 Å². The van der Waals surface area contributed by atoms with E-state index in [4.69, 9.17) is 4.42 Å². The predicted octanol–water partition coefficient (Wildman–Crippen LogP) is 14.4. The minimum atomic E-state index is 0.897. The van der Waals surface area contributed by atoms with Gasteiger partial charge in [0.2, 0.25) is 0 Å². The first kappa shape index (κ1) is 30.0. The Hall–Kier alpha value is -6.90. The van der Waals surface area contributed by atoms with Gasteiger partial charge < -0.3 is 9.32 Å². The Balaban J connectivity index is 1.03. The van der Waals surface area contributed by atoms with Crippen LogP contribution in [0, 0.1) is 0 Å². The Morgan fingerprint density at radius 1 is 0.327 bits per heavy atom. The number of hydrogen-bond donors (Lipinski definition) is 0. The van der Waals surface area contributed by atoms with Gasteiger partial charge in [-0.15, -0.1) is 0 Å². The zero-order valence-corrected chi connectivity index (χ0v) is 28.4. The van der Waals surface area contributed by atoms with Crippen LogP contribution in [0.5, 0.6) is 0 Å². The molecule has 244 valence electrons. The van der Waals surface area contributed by atoms with Gasteiger partial charge in [-0.05, 0) is 92.5 Å². The van der Waals surface area contributed by atoms with Crippen LogP contribution in [-0.2, 0) is 0 Å². The lowest BCUT2D eigenvalue weighted by atomic mass is 9.96. The zero-order chi connectivity index (χ0) is 34.4. The van der Waals surface area contributed by atoms with Crippen LogP contribution >= 0.6 is 0 Å². The molecular formula is C50H33NO. The molecule has 2 heteroatoms. The smallest absolute Gasteiger partial charge is 0.143 e. The summed E-state index contributed by atoms with van der Waals surface area (Å²) < 4.78 is 6.46. The van der Waals surface area contributed by atoms with Gasteiger partial charge in [0.1, 0.15) is 11.2 Å². The Kier molecular flexibility index (Phi) is 7.18. The van der Waals surface area contributed by atoms with Crippen LogP contribution in [0.1, 0.15) is 0 Å². The molecule has 0 atom stereocenters. The van der Waals surface area contributed by atoms with E-state index in [9.17, 15) is 0 Å². The number of hydrogen-bond acceptors (Lipinski definition) is 2. The van der Waals surface area contributed by atoms with Crippen LogP contribution in [0.4, 0.5) is 17.1 Å². The first-order valence-electron chi connectivity index (χ1n) is 17.8. The molecular weight excluding hydrogens is 631 g/mol. The molecule has 0 aliphatic carbocycles. The van der Waals surface area contributed by atoms with Crippen molar-refractivity contribution in [1.29, 1.82) is 0 Å². The molecule has 0 spiro atoms. The fraction of sp³-hybridized carbons (Fsp3) is 0. The lowest BCUT2D eigenvalue weighted by molar-refractivity contribution is 0.672. The van der Waals surface area contributed by atoms with Gasteiger partial charge in [0.15, 0.2) is 0 Å². The SMILES string of the molecule is c1ccc(N(c2ccc(-c3ccc(-c4cccc5ccccc45)cc3)cc2)c2ccccc2-c2ccc3oc4c5ccccc5ccc4c3c2)cc1. The number of fused-ring (bicyclic) bond motifs is 6. The molecule has 1 heterocycles. The lowest BCUT2D eigenvalue weighted by Gasteiger charge is -2.28. The first-order chi connectivity index (χ1) is 25.8. The van der Waals surface area contributed by atoms with Gasteiger partial charge in [0.25, 0.3) is 0 Å². The molecule has 0 amide bonds. The molecule has 0 unspecified atom stereocenters. The molecule has 0 saturated heterocycles. The van der Waals surface area contributed by atoms with Gasteiger partial charge in [-0.2, -0.15) is 0 Å². The lowest BCUT2D eigenvalue weighted by Crippen LogP contribution is -2.11. The first-order valence-corrected chi connectivity index (χ1v) is 17.8. The summed E-state index contributed by atoms with van der Waals surface area (Å²) in [4.78, 5) is 2.36. The average molecular weight is 664 g/mol. The van der Waals surface area contributed by atoms with Crippen LogP contribution in [-0.4, -0.2) is 0 Å². The second kappa shape index (κ2) is 12.5. The molecule has 0 bridgehead atoms. The highest BCUT2D eigenvalue weighted by Gasteiger charge is 2.18. The van der Waals surface area contributed by atoms with E-state index in [1.54, 1.807) is 0 Å². The molecule has 2 nitrogen and oxygen atoms in total. The van der Waals surface area contributed by atoms with Crippen molar-refractivity contribution in [3.63, 3.8) is 0 Å². The van der Waals surface area contributed by atoms with Crippen molar-refractivity contribution >= 4 is 60.5 Å². The van der Waals surface area contributed by atoms with E-state index in [-0.39, 0.29) is 0 Å². The second-order valence-electron chi connectivity index (χ2n) is 13.3. The third kappa shape index (κ3) is 5.12. The van der Waals surface area contributed by atoms with Gasteiger partial charge in [-0.25, -0.2) is 0 Å². The number of anilines is 3. The highest BCUT2D eigenvalue weighted by Crippen LogP contribution is 2.43. The summed E-state index contributed by atoms with van der Waals surface area (Å²) in [7, 11) is 0. The van der Waals surface area contributed by atoms with E-state index in [0.29, 0.717) is 0 Å². The van der Waals surface area contributed by atoms with E-state index in [1.165, 1.54) is 38.4 Å². The molecule has 0 fully saturated rings. The molecule has 0 aliphatic rings. The Labute approximate surface area is 302 Å². The molecule has 0 saturated carbocycles. The Morgan fingerprint density at radius 3 is 1.71 bits per heavy atom. The van der Waals surface area contributed by atoms with E-state index in [1.807, 2.05) is 0 Å². The van der Waals surface area contributed by atoms with Gasteiger partial charge in [0.05, 0.1) is 5.69 Å². The van der Waals surface area contributed by atoms with Crippen LogP contribution < -0.4 is 4.90 Å². The summed E-state index contributed by atoms with van der Waals surface area (Å²) in [6.45, 7) is 0. The van der Waals surface area contributed by atoms with Crippen molar-refractivity contribution in [2.45, 2.75) is 0 Å². The van der Waals surface area contributed by atoms with Crippen molar-refractivity contribution in [3.05, 3.63) is 200 Å². The summed E-state index contributed by atoms with van der Waals surface area (Å²) >= 11 is 0. The minimum Gasteiger partial charge on any atom is -0.455 e. The summed E-state index contributed by atoms with van der Waals surface area (Å²) in [5.74, 6) is 0. The maximum atomic E-state index is 6.46. The van der Waals surface area contributed by atoms with Crippen LogP contribution in [0.2, 0.25) is 0 Å². The molecule has 0 radical (unpaired) electrons. The number of rotatable bonds is 6. The number of furan rings is 1. The maximum Gasteiger partial charge on any atom is 0.143 e. The van der Waals surface area contributed by atoms with Crippen molar-refractivity contribution in [1.82, 2.24) is 0 Å². The predicted molar refractivity (Wildman–Crippen MR) is 220 cm³/mol. The molecule has 1 aromatic heterocycles. The molecule has 10 rings (SSSR count). The Bertz CT molecular complexity index is 2880. The fourth-order valence-corrected chi connectivity index (χ4v) is 7.71. The molecule has 10 aromatic rings. The molecule has 0 aliphatic heterocycles. The van der Waals surface area contributed by atoms with Crippen molar-refractivity contribution in [2.75, 3.05) is 4.90 Å². The zero-order valence-electron chi connectivity index (χ0n) is 28.4. The molecule has 9 aromatic carbocycles. The minimum absolute atomic E-state index is 0.897. The maximum absolute atomic E-state index is 6.46. The van der Waals surface area contributed by atoms with Crippen molar-refractivity contribution < 1.29 is 4.42 Å². The highest BCUT2D eigenvalue weighted by atomic mass is 16.3. The monoisotopic (exact) mass is 663 g/mol. The topological polar surface area (TPSA) is 16.4 Å². The largest absolute Gasteiger partial charge is 0.455 e. The Morgan fingerprint density at radius 2 is 0.904 bits per heavy atom. The van der Waals surface area contributed by atoms with Gasteiger partial charge in [0, 0.05) is 33.1 Å². The third-order valence-electron chi connectivity index (χ3n) is 10.3. The molecule has 0 N–H and O–H groups in total. The number of benzene rings is 9. The van der Waals surface area contributed by atoms with Crippen LogP contribution in [0.25, 0.3) is 76.9 Å². The normalized spacial score (nSPS) is 11.5.